The number of hydrogen-bond acceptors (Lipinski definition) is 8. The fourth-order valence-electron chi connectivity index (χ4n) is 5.66. The first-order chi connectivity index (χ1) is 20.8. The molecule has 1 aliphatic carbocycles. The highest BCUT2D eigenvalue weighted by Crippen LogP contribution is 2.31. The Balaban J connectivity index is 1.74. The van der Waals surface area contributed by atoms with Crippen LogP contribution in [0.4, 0.5) is 0 Å². The molecule has 238 valence electrons. The maximum atomic E-state index is 13.8. The summed E-state index contributed by atoms with van der Waals surface area (Å²) in [6.07, 6.45) is 8.60. The van der Waals surface area contributed by atoms with Gasteiger partial charge in [-0.15, -0.1) is 11.3 Å². The molecule has 11 heteroatoms. The molecule has 1 saturated carbocycles. The van der Waals surface area contributed by atoms with Gasteiger partial charge >= 0.3 is 0 Å². The van der Waals surface area contributed by atoms with E-state index in [2.05, 4.69) is 26.3 Å². The van der Waals surface area contributed by atoms with E-state index < -0.39 is 30.1 Å². The highest BCUT2D eigenvalue weighted by Gasteiger charge is 2.33. The van der Waals surface area contributed by atoms with E-state index in [9.17, 15) is 19.5 Å². The highest BCUT2D eigenvalue weighted by molar-refractivity contribution is 7.09. The third-order valence-electron chi connectivity index (χ3n) is 7.90. The van der Waals surface area contributed by atoms with Crippen LogP contribution in [-0.4, -0.2) is 59.2 Å². The van der Waals surface area contributed by atoms with Crippen LogP contribution in [0.3, 0.4) is 0 Å². The standard InChI is InChI=1S/C32H50N6O4S/c1-22(2)18-26(30(41)37-25(19-23-10-5-3-6-11-23)29(40)32-35-16-17-43-32)38-31(42)27(20-24-12-7-4-8-13-24)36-28(39)14-9-15-34-21-33/h4,7-8,12-13,16-17,22-23,25-27,29,34,40H,3,5-6,9-11,14-15,18-21,33H2,1-2H3,(H,36,39)(H,37,41)(H,38,42). The average Bonchev–Trinajstić information content (AvgIpc) is 3.54. The summed E-state index contributed by atoms with van der Waals surface area (Å²) in [6, 6.07) is 7.30. The first-order valence-corrected chi connectivity index (χ1v) is 16.6. The second-order valence-corrected chi connectivity index (χ2v) is 12.9. The summed E-state index contributed by atoms with van der Waals surface area (Å²) in [6.45, 7) is 4.93. The molecule has 1 heterocycles. The summed E-state index contributed by atoms with van der Waals surface area (Å²) in [5, 5.41) is 25.5. The van der Waals surface area contributed by atoms with Crippen LogP contribution in [0.5, 0.6) is 0 Å². The van der Waals surface area contributed by atoms with Crippen LogP contribution >= 0.6 is 11.3 Å². The lowest BCUT2D eigenvalue weighted by atomic mass is 9.83. The number of rotatable bonds is 18. The number of aliphatic hydroxyl groups excluding tert-OH is 1. The number of carbonyl (C=O) groups is 3. The largest absolute Gasteiger partial charge is 0.384 e. The predicted molar refractivity (Wildman–Crippen MR) is 170 cm³/mol. The zero-order valence-corrected chi connectivity index (χ0v) is 26.4. The van der Waals surface area contributed by atoms with Crippen LogP contribution in [0.1, 0.15) is 88.3 Å². The fourth-order valence-corrected chi connectivity index (χ4v) is 6.35. The van der Waals surface area contributed by atoms with Gasteiger partial charge in [-0.25, -0.2) is 4.98 Å². The third kappa shape index (κ3) is 12.3. The molecule has 3 rings (SSSR count). The van der Waals surface area contributed by atoms with Gasteiger partial charge in [-0.2, -0.15) is 0 Å². The highest BCUT2D eigenvalue weighted by atomic mass is 32.1. The van der Waals surface area contributed by atoms with Gasteiger partial charge in [-0.1, -0.05) is 76.3 Å². The molecule has 0 radical (unpaired) electrons. The Morgan fingerprint density at radius 2 is 1.74 bits per heavy atom. The number of thiazole rings is 1. The quantitative estimate of drug-likeness (QED) is 0.111. The fraction of sp³-hybridized carbons (Fsp3) is 0.625. The Hall–Kier alpha value is -2.86. The molecule has 2 aromatic rings. The summed E-state index contributed by atoms with van der Waals surface area (Å²) in [4.78, 5) is 44.5. The van der Waals surface area contributed by atoms with Crippen molar-refractivity contribution < 1.29 is 19.5 Å². The van der Waals surface area contributed by atoms with Gasteiger partial charge < -0.3 is 32.1 Å². The topological polar surface area (TPSA) is 158 Å². The first kappa shape index (κ1) is 34.6. The minimum Gasteiger partial charge on any atom is -0.384 e. The Kier molecular flexibility index (Phi) is 15.1. The van der Waals surface area contributed by atoms with E-state index >= 15 is 0 Å². The molecule has 1 fully saturated rings. The number of carbonyl (C=O) groups excluding carboxylic acids is 3. The molecular weight excluding hydrogens is 564 g/mol. The van der Waals surface area contributed by atoms with Gasteiger partial charge in [0.25, 0.3) is 0 Å². The van der Waals surface area contributed by atoms with Gasteiger partial charge in [0.15, 0.2) is 0 Å². The van der Waals surface area contributed by atoms with Gasteiger partial charge in [-0.3, -0.25) is 14.4 Å². The minimum atomic E-state index is -0.930. The maximum absolute atomic E-state index is 13.8. The minimum absolute atomic E-state index is 0.119. The second-order valence-electron chi connectivity index (χ2n) is 12.0. The van der Waals surface area contributed by atoms with E-state index in [0.717, 1.165) is 31.2 Å². The number of aromatic nitrogens is 1. The number of amides is 3. The van der Waals surface area contributed by atoms with Crippen LogP contribution in [0.25, 0.3) is 0 Å². The molecule has 7 N–H and O–H groups in total. The van der Waals surface area contributed by atoms with Crippen LogP contribution in [0, 0.1) is 11.8 Å². The predicted octanol–water partition coefficient (Wildman–Crippen LogP) is 3.18. The molecule has 0 aliphatic heterocycles. The molecule has 4 unspecified atom stereocenters. The van der Waals surface area contributed by atoms with Crippen LogP contribution in [0.15, 0.2) is 41.9 Å². The molecule has 3 amide bonds. The molecule has 0 bridgehead atoms. The lowest BCUT2D eigenvalue weighted by Gasteiger charge is -2.31. The van der Waals surface area contributed by atoms with E-state index in [0.29, 0.717) is 49.8 Å². The second kappa shape index (κ2) is 18.7. The molecule has 1 aliphatic rings. The van der Waals surface area contributed by atoms with Gasteiger partial charge in [0.2, 0.25) is 17.7 Å². The van der Waals surface area contributed by atoms with Crippen LogP contribution in [0.2, 0.25) is 0 Å². The van der Waals surface area contributed by atoms with Gasteiger partial charge in [0.05, 0.1) is 6.04 Å². The lowest BCUT2D eigenvalue weighted by Crippen LogP contribution is -2.56. The number of aliphatic hydroxyl groups is 1. The zero-order valence-electron chi connectivity index (χ0n) is 25.6. The van der Waals surface area contributed by atoms with Gasteiger partial charge in [0, 0.05) is 31.1 Å². The monoisotopic (exact) mass is 614 g/mol. The maximum Gasteiger partial charge on any atom is 0.243 e. The SMILES string of the molecule is CC(C)CC(NC(=O)C(Cc1ccccc1)NC(=O)CCCNCN)C(=O)NC(CC1CCCCC1)C(O)c1nccs1. The number of nitrogens with two attached hydrogens (primary N) is 1. The van der Waals surface area contributed by atoms with Crippen molar-refractivity contribution in [1.82, 2.24) is 26.3 Å². The Morgan fingerprint density at radius 1 is 1.02 bits per heavy atom. The first-order valence-electron chi connectivity index (χ1n) is 15.7. The molecule has 1 aromatic carbocycles. The molecular formula is C32H50N6O4S. The number of nitrogens with one attached hydrogen (secondary N) is 4. The summed E-state index contributed by atoms with van der Waals surface area (Å²) in [5.74, 6) is -0.455. The Bertz CT molecular complexity index is 1090. The Morgan fingerprint density at radius 3 is 2.40 bits per heavy atom. The zero-order chi connectivity index (χ0) is 31.0. The summed E-state index contributed by atoms with van der Waals surface area (Å²) < 4.78 is 0. The van der Waals surface area contributed by atoms with E-state index in [1.165, 1.54) is 17.8 Å². The smallest absolute Gasteiger partial charge is 0.243 e. The van der Waals surface area contributed by atoms with Crippen molar-refractivity contribution in [1.29, 1.82) is 0 Å². The van der Waals surface area contributed by atoms with E-state index in [1.54, 1.807) is 6.20 Å². The summed E-state index contributed by atoms with van der Waals surface area (Å²) in [5.41, 5.74) is 6.36. The molecule has 10 nitrogen and oxygen atoms in total. The molecule has 1 aromatic heterocycles. The third-order valence-corrected chi connectivity index (χ3v) is 8.75. The van der Waals surface area contributed by atoms with Crippen molar-refractivity contribution in [3.05, 3.63) is 52.5 Å². The molecule has 0 spiro atoms. The summed E-state index contributed by atoms with van der Waals surface area (Å²) in [7, 11) is 0. The van der Waals surface area contributed by atoms with Crippen LogP contribution < -0.4 is 27.0 Å². The Labute approximate surface area is 260 Å². The van der Waals surface area contributed by atoms with Crippen molar-refractivity contribution in [2.45, 2.75) is 102 Å². The van der Waals surface area contributed by atoms with E-state index in [-0.39, 0.29) is 24.2 Å². The van der Waals surface area contributed by atoms with Crippen molar-refractivity contribution in [3.63, 3.8) is 0 Å². The van der Waals surface area contributed by atoms with Crippen molar-refractivity contribution in [3.8, 4) is 0 Å². The number of hydrogen-bond donors (Lipinski definition) is 6. The summed E-state index contributed by atoms with van der Waals surface area (Å²) >= 11 is 1.36. The van der Waals surface area contributed by atoms with E-state index in [1.807, 2.05) is 49.6 Å². The average molecular weight is 615 g/mol. The number of benzene rings is 1. The normalized spacial score (nSPS) is 16.7. The lowest BCUT2D eigenvalue weighted by molar-refractivity contribution is -0.133. The van der Waals surface area contributed by atoms with Gasteiger partial charge in [0.1, 0.15) is 23.2 Å². The number of nitrogens with zero attached hydrogens (tertiary/aromatic N) is 1. The van der Waals surface area contributed by atoms with Crippen molar-refractivity contribution in [2.75, 3.05) is 13.2 Å². The van der Waals surface area contributed by atoms with Gasteiger partial charge in [-0.05, 0) is 43.2 Å². The molecule has 0 saturated heterocycles. The molecule has 4 atom stereocenters. The van der Waals surface area contributed by atoms with Crippen molar-refractivity contribution >= 4 is 29.1 Å². The van der Waals surface area contributed by atoms with Crippen LogP contribution in [-0.2, 0) is 20.8 Å². The molecule has 43 heavy (non-hydrogen) atoms. The van der Waals surface area contributed by atoms with E-state index in [4.69, 9.17) is 5.73 Å². The van der Waals surface area contributed by atoms with Crippen molar-refractivity contribution in [2.24, 2.45) is 17.6 Å².